The van der Waals surface area contributed by atoms with Crippen molar-refractivity contribution in [3.05, 3.63) is 29.8 Å². The minimum absolute atomic E-state index is 0.0702. The minimum atomic E-state index is -3.67. The van der Waals surface area contributed by atoms with Crippen LogP contribution in [-0.2, 0) is 10.0 Å². The summed E-state index contributed by atoms with van der Waals surface area (Å²) in [4.78, 5) is 11.8. The first-order valence-corrected chi connectivity index (χ1v) is 7.95. The Hall–Kier alpha value is -1.44. The zero-order valence-electron chi connectivity index (χ0n) is 11.2. The van der Waals surface area contributed by atoms with Crippen LogP contribution in [0, 0.1) is 0 Å². The molecule has 1 aromatic rings. The van der Waals surface area contributed by atoms with E-state index in [1.165, 1.54) is 24.3 Å². The van der Waals surface area contributed by atoms with E-state index in [1.807, 2.05) is 0 Å². The van der Waals surface area contributed by atoms with Gasteiger partial charge in [-0.2, -0.15) is 0 Å². The Balaban J connectivity index is 2.08. The first-order chi connectivity index (χ1) is 9.42. The number of benzene rings is 1. The number of carbonyl (C=O) groups is 1. The molecule has 2 rings (SSSR count). The Kier molecular flexibility index (Phi) is 4.42. The standard InChI is InChI=1S/C13H18N2O4S/c1-9(8-16)15-20(18,19)12-6-2-10(3-7-12)13(17)14-11-4-5-11/h2-3,6-7,9,11,15-16H,4-5,8H2,1H3,(H,14,17). The first-order valence-electron chi connectivity index (χ1n) is 6.46. The van der Waals surface area contributed by atoms with Crippen molar-refractivity contribution in [3.63, 3.8) is 0 Å². The number of hydrogen-bond acceptors (Lipinski definition) is 4. The van der Waals surface area contributed by atoms with Crippen molar-refractivity contribution in [3.8, 4) is 0 Å². The maximum absolute atomic E-state index is 11.9. The molecule has 0 heterocycles. The van der Waals surface area contributed by atoms with E-state index in [0.29, 0.717) is 5.56 Å². The maximum Gasteiger partial charge on any atom is 0.251 e. The van der Waals surface area contributed by atoms with Gasteiger partial charge in [-0.3, -0.25) is 4.79 Å². The van der Waals surface area contributed by atoms with Crippen molar-refractivity contribution in [2.45, 2.75) is 36.7 Å². The fourth-order valence-corrected chi connectivity index (χ4v) is 2.89. The first kappa shape index (κ1) is 15.0. The molecule has 110 valence electrons. The Bertz CT molecular complexity index is 579. The molecule has 0 aromatic heterocycles. The summed E-state index contributed by atoms with van der Waals surface area (Å²) < 4.78 is 26.2. The van der Waals surface area contributed by atoms with Crippen LogP contribution in [0.15, 0.2) is 29.2 Å². The Morgan fingerprint density at radius 1 is 1.35 bits per heavy atom. The molecule has 1 saturated carbocycles. The van der Waals surface area contributed by atoms with E-state index in [4.69, 9.17) is 5.11 Å². The highest BCUT2D eigenvalue weighted by Gasteiger charge is 2.24. The number of aliphatic hydroxyl groups is 1. The summed E-state index contributed by atoms with van der Waals surface area (Å²) >= 11 is 0. The molecule has 1 amide bonds. The van der Waals surface area contributed by atoms with Crippen LogP contribution in [0.3, 0.4) is 0 Å². The van der Waals surface area contributed by atoms with E-state index in [1.54, 1.807) is 6.92 Å². The summed E-state index contributed by atoms with van der Waals surface area (Å²) in [6.07, 6.45) is 2.00. The number of sulfonamides is 1. The molecule has 1 atom stereocenters. The second-order valence-electron chi connectivity index (χ2n) is 4.98. The van der Waals surface area contributed by atoms with E-state index >= 15 is 0 Å². The molecule has 20 heavy (non-hydrogen) atoms. The molecule has 7 heteroatoms. The summed E-state index contributed by atoms with van der Waals surface area (Å²) in [5.74, 6) is -0.187. The SMILES string of the molecule is CC(CO)NS(=O)(=O)c1ccc(C(=O)NC2CC2)cc1. The van der Waals surface area contributed by atoms with Gasteiger partial charge in [0, 0.05) is 17.6 Å². The predicted octanol–water partition coefficient (Wildman–Crippen LogP) is 0.238. The van der Waals surface area contributed by atoms with Crippen LogP contribution < -0.4 is 10.0 Å². The Morgan fingerprint density at radius 2 is 1.95 bits per heavy atom. The van der Waals surface area contributed by atoms with E-state index in [-0.39, 0.29) is 23.5 Å². The van der Waals surface area contributed by atoms with Crippen molar-refractivity contribution >= 4 is 15.9 Å². The topological polar surface area (TPSA) is 95.5 Å². The molecule has 1 aliphatic rings. The highest BCUT2D eigenvalue weighted by atomic mass is 32.2. The summed E-state index contributed by atoms with van der Waals surface area (Å²) in [6.45, 7) is 1.29. The van der Waals surface area contributed by atoms with Crippen molar-refractivity contribution in [1.29, 1.82) is 0 Å². The van der Waals surface area contributed by atoms with Gasteiger partial charge in [0.05, 0.1) is 11.5 Å². The fraction of sp³-hybridized carbons (Fsp3) is 0.462. The molecule has 1 unspecified atom stereocenters. The fourth-order valence-electron chi connectivity index (χ4n) is 1.65. The number of aliphatic hydroxyl groups excluding tert-OH is 1. The van der Waals surface area contributed by atoms with E-state index in [9.17, 15) is 13.2 Å². The maximum atomic E-state index is 11.9. The molecule has 0 saturated heterocycles. The van der Waals surface area contributed by atoms with Gasteiger partial charge in [0.25, 0.3) is 5.91 Å². The third-order valence-electron chi connectivity index (χ3n) is 2.97. The average Bonchev–Trinajstić information content (AvgIpc) is 3.22. The Labute approximate surface area is 118 Å². The van der Waals surface area contributed by atoms with Crippen molar-refractivity contribution in [1.82, 2.24) is 10.0 Å². The number of carbonyl (C=O) groups excluding carboxylic acids is 1. The molecule has 0 spiro atoms. The largest absolute Gasteiger partial charge is 0.395 e. The van der Waals surface area contributed by atoms with Crippen LogP contribution in [0.25, 0.3) is 0 Å². The molecule has 3 N–H and O–H groups in total. The summed E-state index contributed by atoms with van der Waals surface area (Å²) in [5, 5.41) is 11.7. The van der Waals surface area contributed by atoms with Gasteiger partial charge in [-0.15, -0.1) is 0 Å². The van der Waals surface area contributed by atoms with Crippen LogP contribution >= 0.6 is 0 Å². The lowest BCUT2D eigenvalue weighted by atomic mass is 10.2. The van der Waals surface area contributed by atoms with Gasteiger partial charge >= 0.3 is 0 Å². The zero-order valence-corrected chi connectivity index (χ0v) is 12.0. The van der Waals surface area contributed by atoms with Gasteiger partial charge in [-0.1, -0.05) is 0 Å². The number of hydrogen-bond donors (Lipinski definition) is 3. The molecule has 0 radical (unpaired) electrons. The number of amides is 1. The van der Waals surface area contributed by atoms with Gasteiger partial charge in [0.2, 0.25) is 10.0 Å². The van der Waals surface area contributed by atoms with Crippen LogP contribution in [0.5, 0.6) is 0 Å². The lowest BCUT2D eigenvalue weighted by Crippen LogP contribution is -2.35. The third kappa shape index (κ3) is 3.78. The van der Waals surface area contributed by atoms with Gasteiger partial charge in [-0.25, -0.2) is 13.1 Å². The molecule has 1 aliphatic carbocycles. The van der Waals surface area contributed by atoms with Crippen LogP contribution in [0.2, 0.25) is 0 Å². The van der Waals surface area contributed by atoms with E-state index in [2.05, 4.69) is 10.0 Å². The monoisotopic (exact) mass is 298 g/mol. The zero-order chi connectivity index (χ0) is 14.8. The van der Waals surface area contributed by atoms with Gasteiger partial charge in [0.1, 0.15) is 0 Å². The highest BCUT2D eigenvalue weighted by Crippen LogP contribution is 2.19. The Morgan fingerprint density at radius 3 is 2.45 bits per heavy atom. The van der Waals surface area contributed by atoms with Gasteiger partial charge < -0.3 is 10.4 Å². The predicted molar refractivity (Wildman–Crippen MR) is 73.8 cm³/mol. The second-order valence-corrected chi connectivity index (χ2v) is 6.69. The van der Waals surface area contributed by atoms with Crippen molar-refractivity contribution in [2.75, 3.05) is 6.61 Å². The molecule has 1 aromatic carbocycles. The molecule has 0 bridgehead atoms. The minimum Gasteiger partial charge on any atom is -0.395 e. The lowest BCUT2D eigenvalue weighted by Gasteiger charge is -2.11. The normalized spacial score (nSPS) is 16.7. The summed E-state index contributed by atoms with van der Waals surface area (Å²) in [6, 6.07) is 5.43. The molecule has 1 fully saturated rings. The molecule has 6 nitrogen and oxygen atoms in total. The number of nitrogens with one attached hydrogen (secondary N) is 2. The van der Waals surface area contributed by atoms with Crippen molar-refractivity contribution in [2.24, 2.45) is 0 Å². The summed E-state index contributed by atoms with van der Waals surface area (Å²) in [5.41, 5.74) is 0.436. The lowest BCUT2D eigenvalue weighted by molar-refractivity contribution is 0.0951. The summed E-state index contributed by atoms with van der Waals surface area (Å²) in [7, 11) is -3.67. The van der Waals surface area contributed by atoms with E-state index in [0.717, 1.165) is 12.8 Å². The smallest absolute Gasteiger partial charge is 0.251 e. The average molecular weight is 298 g/mol. The molecular formula is C13H18N2O4S. The number of rotatable bonds is 6. The second kappa shape index (κ2) is 5.90. The van der Waals surface area contributed by atoms with Crippen molar-refractivity contribution < 1.29 is 18.3 Å². The highest BCUT2D eigenvalue weighted by molar-refractivity contribution is 7.89. The molecule has 0 aliphatic heterocycles. The van der Waals surface area contributed by atoms with Gasteiger partial charge in [-0.05, 0) is 44.0 Å². The van der Waals surface area contributed by atoms with Crippen LogP contribution in [-0.4, -0.2) is 38.1 Å². The van der Waals surface area contributed by atoms with Crippen LogP contribution in [0.4, 0.5) is 0 Å². The molecular weight excluding hydrogens is 280 g/mol. The van der Waals surface area contributed by atoms with Crippen LogP contribution in [0.1, 0.15) is 30.1 Å². The third-order valence-corrected chi connectivity index (χ3v) is 4.58. The quantitative estimate of drug-likeness (QED) is 0.701. The van der Waals surface area contributed by atoms with E-state index < -0.39 is 16.1 Å². The van der Waals surface area contributed by atoms with Gasteiger partial charge in [0.15, 0.2) is 0 Å².